The lowest BCUT2D eigenvalue weighted by Crippen LogP contribution is -2.26. The first-order chi connectivity index (χ1) is 38.5. The van der Waals surface area contributed by atoms with E-state index in [4.69, 9.17) is 0 Å². The maximum absolute atomic E-state index is 2.59. The molecule has 12 aromatic rings. The molecule has 0 saturated carbocycles. The van der Waals surface area contributed by atoms with Crippen LogP contribution in [0, 0.1) is 0 Å². The van der Waals surface area contributed by atoms with Gasteiger partial charge in [0.1, 0.15) is 0 Å². The third-order valence-electron chi connectivity index (χ3n) is 18.7. The lowest BCUT2D eigenvalue weighted by atomic mass is 9.70. The zero-order valence-corrected chi connectivity index (χ0v) is 43.4. The highest BCUT2D eigenvalue weighted by Crippen LogP contribution is 2.67. The van der Waals surface area contributed by atoms with Crippen molar-refractivity contribution in [2.45, 2.75) is 30.1 Å². The van der Waals surface area contributed by atoms with E-state index in [0.29, 0.717) is 0 Å². The van der Waals surface area contributed by atoms with Crippen LogP contribution in [0.4, 0.5) is 17.1 Å². The Morgan fingerprint density at radius 3 is 1.19 bits per heavy atom. The molecule has 0 aliphatic heterocycles. The Kier molecular flexibility index (Phi) is 8.82. The van der Waals surface area contributed by atoms with Gasteiger partial charge in [-0.3, -0.25) is 0 Å². The molecule has 1 heteroatoms. The minimum Gasteiger partial charge on any atom is -0.310 e. The van der Waals surface area contributed by atoms with Crippen molar-refractivity contribution in [3.05, 3.63) is 329 Å². The highest BCUT2D eigenvalue weighted by molar-refractivity contribution is 6.04. The summed E-state index contributed by atoms with van der Waals surface area (Å²) in [4.78, 5) is 2.59. The minimum atomic E-state index is -0.480. The van der Waals surface area contributed by atoms with Crippen LogP contribution in [0.15, 0.2) is 273 Å². The summed E-state index contributed by atoms with van der Waals surface area (Å²) in [7, 11) is 0. The standard InChI is InChI=1S/C77H51N/c1-75(2)70-46-49(48-21-4-3-5-22-48)41-43-58(70)59-44-42-52(47-71(59)75)78(72-40-20-39-69-74(72)61-30-11-17-37-67(61)77(69)64-34-14-8-27-56(64)57-28-9-15-35-65(57)77)51-24-18-23-50(45-51)53-31-19-38-68-73(53)60-29-10-16-36-66(60)76(68)62-32-12-6-25-54(62)55-26-7-13-33-63(55)76/h3-47H,1-2H3. The van der Waals surface area contributed by atoms with Gasteiger partial charge >= 0.3 is 0 Å². The lowest BCUT2D eigenvalue weighted by Gasteiger charge is -2.32. The van der Waals surface area contributed by atoms with E-state index in [0.717, 1.165) is 17.1 Å². The summed E-state index contributed by atoms with van der Waals surface area (Å²) in [5.74, 6) is 0. The van der Waals surface area contributed by atoms with E-state index in [9.17, 15) is 0 Å². The van der Waals surface area contributed by atoms with Crippen molar-refractivity contribution in [3.8, 4) is 77.9 Å². The predicted octanol–water partition coefficient (Wildman–Crippen LogP) is 19.5. The van der Waals surface area contributed by atoms with Gasteiger partial charge in [-0.15, -0.1) is 0 Å². The minimum absolute atomic E-state index is 0.253. The largest absolute Gasteiger partial charge is 0.310 e. The van der Waals surface area contributed by atoms with Gasteiger partial charge in [0, 0.05) is 22.4 Å². The molecule has 0 saturated heterocycles. The molecule has 0 unspecified atom stereocenters. The smallest absolute Gasteiger partial charge is 0.0726 e. The number of fused-ring (bicyclic) bond motifs is 23. The highest BCUT2D eigenvalue weighted by atomic mass is 15.1. The monoisotopic (exact) mass is 989 g/mol. The SMILES string of the molecule is CC1(C)c2cc(-c3ccccc3)ccc2-c2ccc(N(c3cccc(-c4cccc5c4-c4ccccc4C54c5ccccc5-c5ccccc54)c3)c3cccc4c3-c3ccccc3C43c4ccccc4-c4ccccc43)cc21. The topological polar surface area (TPSA) is 3.24 Å². The number of anilines is 3. The fourth-order valence-corrected chi connectivity index (χ4v) is 15.6. The summed E-state index contributed by atoms with van der Waals surface area (Å²) in [6.07, 6.45) is 0. The molecule has 364 valence electrons. The molecule has 0 radical (unpaired) electrons. The molecular weight excluding hydrogens is 939 g/mol. The van der Waals surface area contributed by atoms with E-state index in [1.807, 2.05) is 0 Å². The van der Waals surface area contributed by atoms with Gasteiger partial charge in [0.05, 0.1) is 16.5 Å². The first kappa shape index (κ1) is 43.7. The fraction of sp³-hybridized carbons (Fsp3) is 0.0649. The Labute approximate surface area is 456 Å². The lowest BCUT2D eigenvalue weighted by molar-refractivity contribution is 0.660. The van der Waals surface area contributed by atoms with Gasteiger partial charge in [0.2, 0.25) is 0 Å². The van der Waals surface area contributed by atoms with Crippen molar-refractivity contribution >= 4 is 17.1 Å². The van der Waals surface area contributed by atoms with Gasteiger partial charge in [-0.1, -0.05) is 250 Å². The Balaban J connectivity index is 0.903. The van der Waals surface area contributed by atoms with Crippen LogP contribution in [0.1, 0.15) is 69.5 Å². The normalized spacial score (nSPS) is 14.8. The molecule has 0 bridgehead atoms. The molecular formula is C77H51N. The average Bonchev–Trinajstić information content (AvgIpc) is 4.42. The van der Waals surface area contributed by atoms with E-state index in [2.05, 4.69) is 292 Å². The molecule has 1 nitrogen and oxygen atoms in total. The van der Waals surface area contributed by atoms with Crippen LogP contribution in [0.3, 0.4) is 0 Å². The summed E-state index contributed by atoms with van der Waals surface area (Å²) in [6, 6.07) is 104. The molecule has 5 aliphatic carbocycles. The molecule has 0 fully saturated rings. The van der Waals surface area contributed by atoms with Gasteiger partial charge in [-0.25, -0.2) is 0 Å². The van der Waals surface area contributed by atoms with E-state index >= 15 is 0 Å². The second-order valence-electron chi connectivity index (χ2n) is 22.6. The van der Waals surface area contributed by atoms with Crippen LogP contribution in [0.2, 0.25) is 0 Å². The molecule has 0 amide bonds. The van der Waals surface area contributed by atoms with E-state index in [-0.39, 0.29) is 5.41 Å². The van der Waals surface area contributed by atoms with Crippen molar-refractivity contribution < 1.29 is 0 Å². The first-order valence-electron chi connectivity index (χ1n) is 27.6. The maximum atomic E-state index is 2.59. The Bertz CT molecular complexity index is 4460. The number of benzene rings is 12. The van der Waals surface area contributed by atoms with Crippen LogP contribution in [0.5, 0.6) is 0 Å². The molecule has 2 spiro atoms. The number of hydrogen-bond acceptors (Lipinski definition) is 1. The molecule has 0 heterocycles. The van der Waals surface area contributed by atoms with Crippen LogP contribution < -0.4 is 4.90 Å². The quantitative estimate of drug-likeness (QED) is 0.166. The van der Waals surface area contributed by atoms with Crippen molar-refractivity contribution in [2.24, 2.45) is 0 Å². The van der Waals surface area contributed by atoms with Crippen LogP contribution in [-0.2, 0) is 16.2 Å². The summed E-state index contributed by atoms with van der Waals surface area (Å²) in [6.45, 7) is 4.83. The van der Waals surface area contributed by atoms with Gasteiger partial charge < -0.3 is 4.90 Å². The molecule has 0 atom stereocenters. The van der Waals surface area contributed by atoms with Crippen LogP contribution in [0.25, 0.3) is 77.9 Å². The zero-order valence-electron chi connectivity index (χ0n) is 43.4. The van der Waals surface area contributed by atoms with E-state index in [1.54, 1.807) is 0 Å². The van der Waals surface area contributed by atoms with Crippen molar-refractivity contribution in [1.82, 2.24) is 0 Å². The highest BCUT2D eigenvalue weighted by Gasteiger charge is 2.54. The van der Waals surface area contributed by atoms with Gasteiger partial charge in [-0.2, -0.15) is 0 Å². The first-order valence-corrected chi connectivity index (χ1v) is 27.6. The third kappa shape index (κ3) is 5.45. The van der Waals surface area contributed by atoms with Crippen molar-refractivity contribution in [2.75, 3.05) is 4.90 Å². The van der Waals surface area contributed by atoms with Gasteiger partial charge in [-0.05, 0) is 164 Å². The van der Waals surface area contributed by atoms with Gasteiger partial charge in [0.25, 0.3) is 0 Å². The molecule has 17 rings (SSSR count). The Morgan fingerprint density at radius 1 is 0.231 bits per heavy atom. The Morgan fingerprint density at radius 2 is 0.615 bits per heavy atom. The fourth-order valence-electron chi connectivity index (χ4n) is 15.6. The predicted molar refractivity (Wildman–Crippen MR) is 322 cm³/mol. The average molecular weight is 990 g/mol. The second kappa shape index (κ2) is 15.8. The Hall–Kier alpha value is -9.56. The number of hydrogen-bond donors (Lipinski definition) is 0. The van der Waals surface area contributed by atoms with E-state index in [1.165, 1.54) is 134 Å². The van der Waals surface area contributed by atoms with Crippen molar-refractivity contribution in [3.63, 3.8) is 0 Å². The molecule has 0 aromatic heterocycles. The number of nitrogens with zero attached hydrogens (tertiary/aromatic N) is 1. The second-order valence-corrected chi connectivity index (χ2v) is 22.6. The zero-order chi connectivity index (χ0) is 51.5. The van der Waals surface area contributed by atoms with Crippen LogP contribution in [-0.4, -0.2) is 0 Å². The summed E-state index contributed by atoms with van der Waals surface area (Å²) < 4.78 is 0. The van der Waals surface area contributed by atoms with Crippen molar-refractivity contribution in [1.29, 1.82) is 0 Å². The molecule has 78 heavy (non-hydrogen) atoms. The molecule has 5 aliphatic rings. The van der Waals surface area contributed by atoms with Gasteiger partial charge in [0.15, 0.2) is 0 Å². The van der Waals surface area contributed by atoms with E-state index < -0.39 is 10.8 Å². The third-order valence-corrected chi connectivity index (χ3v) is 18.7. The van der Waals surface area contributed by atoms with Crippen LogP contribution >= 0.6 is 0 Å². The summed E-state index contributed by atoms with van der Waals surface area (Å²) in [5, 5.41) is 0. The molecule has 12 aromatic carbocycles. The summed E-state index contributed by atoms with van der Waals surface area (Å²) in [5.41, 5.74) is 33.6. The maximum Gasteiger partial charge on any atom is 0.0726 e. The molecule has 0 N–H and O–H groups in total. The number of rotatable bonds is 5. The summed E-state index contributed by atoms with van der Waals surface area (Å²) >= 11 is 0.